The van der Waals surface area contributed by atoms with Crippen LogP contribution in [0.1, 0.15) is 19.3 Å². The van der Waals surface area contributed by atoms with E-state index in [1.807, 2.05) is 0 Å². The average Bonchev–Trinajstić information content (AvgIpc) is 2.67. The van der Waals surface area contributed by atoms with Crippen molar-refractivity contribution in [2.24, 2.45) is 5.73 Å². The third-order valence-corrected chi connectivity index (χ3v) is 3.57. The van der Waals surface area contributed by atoms with Crippen molar-refractivity contribution in [3.63, 3.8) is 0 Å². The molecule has 0 unspecified atom stereocenters. The molecule has 1 fully saturated rings. The van der Waals surface area contributed by atoms with Crippen LogP contribution in [0.5, 0.6) is 0 Å². The van der Waals surface area contributed by atoms with Gasteiger partial charge >= 0.3 is 0 Å². The Labute approximate surface area is 122 Å². The van der Waals surface area contributed by atoms with Crippen molar-refractivity contribution in [1.82, 2.24) is 15.1 Å². The summed E-state index contributed by atoms with van der Waals surface area (Å²) in [5.74, 6) is 0.122. The largest absolute Gasteiger partial charge is 0.385 e. The molecule has 20 heavy (non-hydrogen) atoms. The van der Waals surface area contributed by atoms with Gasteiger partial charge in [0.15, 0.2) is 0 Å². The number of nitrogens with two attached hydrogens (primary N) is 1. The van der Waals surface area contributed by atoms with Crippen molar-refractivity contribution in [1.29, 1.82) is 0 Å². The summed E-state index contributed by atoms with van der Waals surface area (Å²) in [5, 5.41) is 2.94. The number of nitrogens with zero attached hydrogens (tertiary/aromatic N) is 2. The molecular weight excluding hydrogens is 256 g/mol. The molecule has 0 aliphatic carbocycles. The Morgan fingerprint density at radius 2 is 1.95 bits per heavy atom. The van der Waals surface area contributed by atoms with E-state index in [2.05, 4.69) is 15.1 Å². The first-order valence-electron chi connectivity index (χ1n) is 7.66. The Kier molecular flexibility index (Phi) is 9.57. The molecule has 0 spiro atoms. The first-order valence-corrected chi connectivity index (χ1v) is 7.66. The van der Waals surface area contributed by atoms with E-state index in [4.69, 9.17) is 10.5 Å². The maximum atomic E-state index is 11.8. The molecule has 1 amide bonds. The van der Waals surface area contributed by atoms with Crippen LogP contribution >= 0.6 is 0 Å². The molecule has 3 N–H and O–H groups in total. The van der Waals surface area contributed by atoms with E-state index in [1.165, 1.54) is 0 Å². The zero-order valence-electron chi connectivity index (χ0n) is 12.8. The van der Waals surface area contributed by atoms with Gasteiger partial charge in [0, 0.05) is 33.4 Å². The fourth-order valence-electron chi connectivity index (χ4n) is 2.42. The van der Waals surface area contributed by atoms with Gasteiger partial charge in [-0.25, -0.2) is 0 Å². The smallest absolute Gasteiger partial charge is 0.234 e. The van der Waals surface area contributed by atoms with Crippen LogP contribution in [0.25, 0.3) is 0 Å². The Morgan fingerprint density at radius 1 is 1.20 bits per heavy atom. The van der Waals surface area contributed by atoms with Crippen molar-refractivity contribution in [3.8, 4) is 0 Å². The van der Waals surface area contributed by atoms with Crippen LogP contribution < -0.4 is 11.1 Å². The summed E-state index contributed by atoms with van der Waals surface area (Å²) in [5.41, 5.74) is 5.55. The molecule has 1 heterocycles. The van der Waals surface area contributed by atoms with E-state index in [1.54, 1.807) is 7.11 Å². The van der Waals surface area contributed by atoms with Crippen LogP contribution in [0.4, 0.5) is 0 Å². The van der Waals surface area contributed by atoms with E-state index in [9.17, 15) is 4.79 Å². The van der Waals surface area contributed by atoms with Gasteiger partial charge in [-0.1, -0.05) is 0 Å². The minimum absolute atomic E-state index is 0.122. The molecule has 1 aliphatic rings. The molecule has 6 heteroatoms. The summed E-state index contributed by atoms with van der Waals surface area (Å²) in [6.45, 7) is 7.86. The second kappa shape index (κ2) is 11.0. The fourth-order valence-corrected chi connectivity index (χ4v) is 2.42. The predicted molar refractivity (Wildman–Crippen MR) is 80.7 cm³/mol. The minimum atomic E-state index is 0.122. The Hall–Kier alpha value is -0.690. The number of amides is 1. The molecule has 0 saturated carbocycles. The van der Waals surface area contributed by atoms with Gasteiger partial charge in [0.05, 0.1) is 6.54 Å². The van der Waals surface area contributed by atoms with E-state index in [0.717, 1.165) is 58.5 Å². The van der Waals surface area contributed by atoms with E-state index < -0.39 is 0 Å². The third kappa shape index (κ3) is 7.79. The van der Waals surface area contributed by atoms with Crippen LogP contribution in [-0.2, 0) is 9.53 Å². The van der Waals surface area contributed by atoms with Gasteiger partial charge in [0.1, 0.15) is 0 Å². The van der Waals surface area contributed by atoms with Crippen molar-refractivity contribution < 1.29 is 9.53 Å². The Morgan fingerprint density at radius 3 is 2.70 bits per heavy atom. The highest BCUT2D eigenvalue weighted by atomic mass is 16.5. The lowest BCUT2D eigenvalue weighted by atomic mass is 10.3. The number of nitrogens with one attached hydrogen (secondary N) is 1. The predicted octanol–water partition coefficient (Wildman–Crippen LogP) is -0.504. The third-order valence-electron chi connectivity index (χ3n) is 3.57. The minimum Gasteiger partial charge on any atom is -0.385 e. The van der Waals surface area contributed by atoms with Crippen molar-refractivity contribution in [2.75, 3.05) is 66.1 Å². The van der Waals surface area contributed by atoms with Gasteiger partial charge in [0.2, 0.25) is 5.91 Å². The maximum Gasteiger partial charge on any atom is 0.234 e. The monoisotopic (exact) mass is 286 g/mol. The van der Waals surface area contributed by atoms with Gasteiger partial charge in [-0.15, -0.1) is 0 Å². The SMILES string of the molecule is COCCCNC(=O)CN1CCCN(CCCN)CC1. The molecular formula is C14H30N4O2. The van der Waals surface area contributed by atoms with E-state index in [-0.39, 0.29) is 5.91 Å². The number of carbonyl (C=O) groups is 1. The van der Waals surface area contributed by atoms with Crippen molar-refractivity contribution in [2.45, 2.75) is 19.3 Å². The molecule has 0 aromatic rings. The molecule has 0 bridgehead atoms. The quantitative estimate of drug-likeness (QED) is 0.559. The maximum absolute atomic E-state index is 11.8. The van der Waals surface area contributed by atoms with Crippen LogP contribution in [0.15, 0.2) is 0 Å². The number of ether oxygens (including phenoxy) is 1. The number of methoxy groups -OCH3 is 1. The second-order valence-corrected chi connectivity index (χ2v) is 5.31. The zero-order chi connectivity index (χ0) is 14.6. The first kappa shape index (κ1) is 17.4. The second-order valence-electron chi connectivity index (χ2n) is 5.31. The highest BCUT2D eigenvalue weighted by molar-refractivity contribution is 5.77. The van der Waals surface area contributed by atoms with Crippen molar-refractivity contribution >= 4 is 5.91 Å². The van der Waals surface area contributed by atoms with Gasteiger partial charge < -0.3 is 20.7 Å². The van der Waals surface area contributed by atoms with E-state index >= 15 is 0 Å². The molecule has 0 atom stereocenters. The highest BCUT2D eigenvalue weighted by Gasteiger charge is 2.16. The topological polar surface area (TPSA) is 70.8 Å². The van der Waals surface area contributed by atoms with Crippen molar-refractivity contribution in [3.05, 3.63) is 0 Å². The van der Waals surface area contributed by atoms with E-state index in [0.29, 0.717) is 19.7 Å². The molecule has 1 saturated heterocycles. The lowest BCUT2D eigenvalue weighted by Crippen LogP contribution is -2.39. The lowest BCUT2D eigenvalue weighted by Gasteiger charge is -2.21. The van der Waals surface area contributed by atoms with Crippen LogP contribution in [0.3, 0.4) is 0 Å². The van der Waals surface area contributed by atoms with Gasteiger partial charge in [0.25, 0.3) is 0 Å². The number of carbonyl (C=O) groups excluding carboxylic acids is 1. The van der Waals surface area contributed by atoms with Crippen LogP contribution in [0.2, 0.25) is 0 Å². The molecule has 0 aromatic heterocycles. The summed E-state index contributed by atoms with van der Waals surface area (Å²) in [6.07, 6.45) is 3.05. The summed E-state index contributed by atoms with van der Waals surface area (Å²) >= 11 is 0. The Bertz CT molecular complexity index is 264. The number of hydrogen-bond acceptors (Lipinski definition) is 5. The summed E-state index contributed by atoms with van der Waals surface area (Å²) in [7, 11) is 1.68. The standard InChI is InChI=1S/C14H30N4O2/c1-20-12-3-6-16-14(19)13-18-9-4-8-17(10-11-18)7-2-5-15/h2-13,15H2,1H3,(H,16,19). The molecule has 0 radical (unpaired) electrons. The summed E-state index contributed by atoms with van der Waals surface area (Å²) in [4.78, 5) is 16.5. The molecule has 6 nitrogen and oxygen atoms in total. The average molecular weight is 286 g/mol. The van der Waals surface area contributed by atoms with Gasteiger partial charge in [-0.05, 0) is 45.4 Å². The number of rotatable bonds is 9. The highest BCUT2D eigenvalue weighted by Crippen LogP contribution is 2.03. The molecule has 118 valence electrons. The van der Waals surface area contributed by atoms with Gasteiger partial charge in [-0.2, -0.15) is 0 Å². The fraction of sp³-hybridized carbons (Fsp3) is 0.929. The summed E-state index contributed by atoms with van der Waals surface area (Å²) in [6, 6.07) is 0. The number of hydrogen-bond donors (Lipinski definition) is 2. The lowest BCUT2D eigenvalue weighted by molar-refractivity contribution is -0.122. The molecule has 1 aliphatic heterocycles. The molecule has 1 rings (SSSR count). The molecule has 0 aromatic carbocycles. The normalized spacial score (nSPS) is 17.9. The zero-order valence-corrected chi connectivity index (χ0v) is 12.8. The first-order chi connectivity index (χ1) is 9.76. The van der Waals surface area contributed by atoms with Gasteiger partial charge in [-0.3, -0.25) is 9.69 Å². The van der Waals surface area contributed by atoms with Crippen LogP contribution in [-0.4, -0.2) is 81.8 Å². The Balaban J connectivity index is 2.15. The summed E-state index contributed by atoms with van der Waals surface area (Å²) < 4.78 is 4.96. The van der Waals surface area contributed by atoms with Crippen LogP contribution in [0, 0.1) is 0 Å².